The van der Waals surface area contributed by atoms with Crippen molar-refractivity contribution in [2.24, 2.45) is 0 Å². The van der Waals surface area contributed by atoms with E-state index in [1.165, 1.54) is 0 Å². The highest BCUT2D eigenvalue weighted by molar-refractivity contribution is 9.10. The van der Waals surface area contributed by atoms with Crippen molar-refractivity contribution in [2.75, 3.05) is 14.2 Å². The van der Waals surface area contributed by atoms with Crippen LogP contribution in [-0.4, -0.2) is 24.2 Å². The number of halogens is 1. The van der Waals surface area contributed by atoms with Crippen molar-refractivity contribution in [2.45, 2.75) is 0 Å². The second kappa shape index (κ2) is 7.94. The molecule has 0 saturated heterocycles. The normalized spacial score (nSPS) is 10.2. The zero-order valence-electron chi connectivity index (χ0n) is 13.9. The van der Waals surface area contributed by atoms with Crippen LogP contribution in [0.4, 0.5) is 0 Å². The molecular weight excluding hydrogens is 380 g/mol. The fraction of sp³-hybridized carbons (Fsp3) is 0.100. The zero-order chi connectivity index (χ0) is 17.6. The van der Waals surface area contributed by atoms with Gasteiger partial charge in [0.15, 0.2) is 0 Å². The second-order valence-electron chi connectivity index (χ2n) is 5.27. The van der Waals surface area contributed by atoms with Crippen LogP contribution in [-0.2, 0) is 0 Å². The monoisotopic (exact) mass is 396 g/mol. The smallest absolute Gasteiger partial charge is 0.133 e. The summed E-state index contributed by atoms with van der Waals surface area (Å²) in [5.41, 5.74) is 0. The quantitative estimate of drug-likeness (QED) is 0.464. The number of methoxy groups -OCH3 is 2. The van der Waals surface area contributed by atoms with Gasteiger partial charge in [-0.2, -0.15) is 0 Å². The lowest BCUT2D eigenvalue weighted by Crippen LogP contribution is -1.85. The molecule has 0 aliphatic carbocycles. The number of benzene rings is 2. The summed E-state index contributed by atoms with van der Waals surface area (Å²) in [6.07, 6.45) is 7.22. The van der Waals surface area contributed by atoms with E-state index < -0.39 is 0 Å². The Balaban J connectivity index is 0.000000146. The third kappa shape index (κ3) is 3.88. The molecule has 0 radical (unpaired) electrons. The van der Waals surface area contributed by atoms with E-state index in [2.05, 4.69) is 25.9 Å². The van der Waals surface area contributed by atoms with Gasteiger partial charge in [0.05, 0.1) is 18.7 Å². The maximum Gasteiger partial charge on any atom is 0.133 e. The van der Waals surface area contributed by atoms with E-state index in [-0.39, 0.29) is 0 Å². The van der Waals surface area contributed by atoms with Gasteiger partial charge in [-0.3, -0.25) is 9.97 Å². The fourth-order valence-corrected chi connectivity index (χ4v) is 3.11. The molecule has 2 heterocycles. The van der Waals surface area contributed by atoms with Gasteiger partial charge in [-0.15, -0.1) is 0 Å². The van der Waals surface area contributed by atoms with Crippen LogP contribution in [0.25, 0.3) is 21.5 Å². The minimum atomic E-state index is 0.846. The van der Waals surface area contributed by atoms with Crippen molar-refractivity contribution in [3.63, 3.8) is 0 Å². The highest BCUT2D eigenvalue weighted by Gasteiger charge is 2.03. The average Bonchev–Trinajstić information content (AvgIpc) is 2.68. The van der Waals surface area contributed by atoms with E-state index >= 15 is 0 Å². The second-order valence-corrected chi connectivity index (χ2v) is 6.06. The number of rotatable bonds is 2. The van der Waals surface area contributed by atoms with Crippen molar-refractivity contribution < 1.29 is 9.47 Å². The predicted octanol–water partition coefficient (Wildman–Crippen LogP) is 5.25. The molecule has 0 aliphatic rings. The van der Waals surface area contributed by atoms with E-state index in [1.807, 2.05) is 54.9 Å². The topological polar surface area (TPSA) is 44.2 Å². The molecule has 2 aromatic heterocycles. The zero-order valence-corrected chi connectivity index (χ0v) is 15.5. The van der Waals surface area contributed by atoms with E-state index in [4.69, 9.17) is 9.47 Å². The van der Waals surface area contributed by atoms with Gasteiger partial charge in [-0.25, -0.2) is 0 Å². The number of pyridine rings is 2. The Morgan fingerprint density at radius 2 is 1.48 bits per heavy atom. The molecule has 25 heavy (non-hydrogen) atoms. The Labute approximate surface area is 154 Å². The molecule has 0 saturated carbocycles. The summed E-state index contributed by atoms with van der Waals surface area (Å²) in [4.78, 5) is 8.08. The molecule has 4 nitrogen and oxygen atoms in total. The summed E-state index contributed by atoms with van der Waals surface area (Å²) in [6, 6.07) is 13.8. The van der Waals surface area contributed by atoms with Crippen LogP contribution in [0.2, 0.25) is 0 Å². The number of hydrogen-bond donors (Lipinski definition) is 0. The van der Waals surface area contributed by atoms with Crippen LogP contribution in [0.1, 0.15) is 0 Å². The summed E-state index contributed by atoms with van der Waals surface area (Å²) < 4.78 is 11.3. The first-order valence-electron chi connectivity index (χ1n) is 7.67. The van der Waals surface area contributed by atoms with Crippen LogP contribution < -0.4 is 9.47 Å². The van der Waals surface area contributed by atoms with Crippen molar-refractivity contribution in [3.05, 3.63) is 71.7 Å². The number of hydrogen-bond acceptors (Lipinski definition) is 4. The largest absolute Gasteiger partial charge is 0.497 e. The maximum absolute atomic E-state index is 5.19. The molecule has 0 aliphatic heterocycles. The Bertz CT molecular complexity index is 1000. The van der Waals surface area contributed by atoms with Crippen molar-refractivity contribution >= 4 is 37.5 Å². The van der Waals surface area contributed by atoms with Gasteiger partial charge in [0.1, 0.15) is 11.5 Å². The Hall–Kier alpha value is -2.66. The van der Waals surface area contributed by atoms with Crippen LogP contribution >= 0.6 is 15.9 Å². The van der Waals surface area contributed by atoms with Gasteiger partial charge in [-0.05, 0) is 63.8 Å². The van der Waals surface area contributed by atoms with Crippen LogP contribution in [0, 0.1) is 0 Å². The summed E-state index contributed by atoms with van der Waals surface area (Å²) in [5.74, 6) is 1.73. The molecule has 0 spiro atoms. The lowest BCUT2D eigenvalue weighted by molar-refractivity contribution is 0.413. The average molecular weight is 397 g/mol. The van der Waals surface area contributed by atoms with Gasteiger partial charge >= 0.3 is 0 Å². The van der Waals surface area contributed by atoms with Crippen LogP contribution in [0.5, 0.6) is 11.5 Å². The summed E-state index contributed by atoms with van der Waals surface area (Å²) in [6.45, 7) is 0. The Morgan fingerprint density at radius 3 is 2.24 bits per heavy atom. The summed E-state index contributed by atoms with van der Waals surface area (Å²) in [5, 5.41) is 4.52. The van der Waals surface area contributed by atoms with E-state index in [9.17, 15) is 0 Å². The number of aromatic nitrogens is 2. The SMILES string of the molecule is COc1ccc2cnccc2c1.COc1ccc2cnccc2c1Br. The minimum absolute atomic E-state index is 0.846. The Morgan fingerprint density at radius 1 is 0.760 bits per heavy atom. The lowest BCUT2D eigenvalue weighted by Gasteiger charge is -2.05. The van der Waals surface area contributed by atoms with E-state index in [1.54, 1.807) is 26.6 Å². The van der Waals surface area contributed by atoms with Crippen molar-refractivity contribution in [1.29, 1.82) is 0 Å². The first-order chi connectivity index (χ1) is 12.2. The molecule has 126 valence electrons. The molecule has 0 amide bonds. The Kier molecular flexibility index (Phi) is 5.46. The molecule has 4 aromatic rings. The third-order valence-corrected chi connectivity index (χ3v) is 4.60. The van der Waals surface area contributed by atoms with Gasteiger partial charge < -0.3 is 9.47 Å². The number of fused-ring (bicyclic) bond motifs is 2. The predicted molar refractivity (Wildman–Crippen MR) is 104 cm³/mol. The van der Waals surface area contributed by atoms with E-state index in [0.29, 0.717) is 0 Å². The van der Waals surface area contributed by atoms with Crippen LogP contribution in [0.15, 0.2) is 71.7 Å². The van der Waals surface area contributed by atoms with Gasteiger partial charge in [0.2, 0.25) is 0 Å². The molecule has 0 N–H and O–H groups in total. The third-order valence-electron chi connectivity index (χ3n) is 3.79. The highest BCUT2D eigenvalue weighted by atomic mass is 79.9. The van der Waals surface area contributed by atoms with Crippen molar-refractivity contribution in [3.8, 4) is 11.5 Å². The van der Waals surface area contributed by atoms with Crippen molar-refractivity contribution in [1.82, 2.24) is 9.97 Å². The molecule has 0 bridgehead atoms. The molecule has 0 unspecified atom stereocenters. The highest BCUT2D eigenvalue weighted by Crippen LogP contribution is 2.32. The van der Waals surface area contributed by atoms with Gasteiger partial charge in [-0.1, -0.05) is 0 Å². The molecule has 0 atom stereocenters. The first kappa shape index (κ1) is 17.2. The standard InChI is InChI=1S/C10H8BrNO.C10H9NO/c1-13-9-3-2-7-6-12-5-4-8(7)10(9)11;1-12-10-3-2-9-7-11-5-4-8(9)6-10/h2-6H,1H3;2-7H,1H3. The number of ether oxygens (including phenoxy) is 2. The molecule has 2 aromatic carbocycles. The van der Waals surface area contributed by atoms with E-state index in [0.717, 1.165) is 37.5 Å². The molecule has 0 fully saturated rings. The molecule has 4 rings (SSSR count). The molecule has 5 heteroatoms. The first-order valence-corrected chi connectivity index (χ1v) is 8.46. The number of nitrogens with zero attached hydrogens (tertiary/aromatic N) is 2. The maximum atomic E-state index is 5.19. The summed E-state index contributed by atoms with van der Waals surface area (Å²) in [7, 11) is 3.33. The van der Waals surface area contributed by atoms with Crippen LogP contribution in [0.3, 0.4) is 0 Å². The minimum Gasteiger partial charge on any atom is -0.497 e. The fourth-order valence-electron chi connectivity index (χ4n) is 2.46. The molecular formula is C20H17BrN2O2. The van der Waals surface area contributed by atoms with Gasteiger partial charge in [0.25, 0.3) is 0 Å². The lowest BCUT2D eigenvalue weighted by atomic mass is 10.2. The summed E-state index contributed by atoms with van der Waals surface area (Å²) >= 11 is 3.49. The van der Waals surface area contributed by atoms with Gasteiger partial charge in [0, 0.05) is 40.9 Å².